The van der Waals surface area contributed by atoms with E-state index in [1.54, 1.807) is 0 Å². The second-order valence-electron chi connectivity index (χ2n) is 18.4. The van der Waals surface area contributed by atoms with Crippen LogP contribution in [0, 0.1) is 0 Å². The number of furan rings is 1. The third-order valence-corrected chi connectivity index (χ3v) is 14.4. The molecule has 0 fully saturated rings. The number of fused-ring (bicyclic) bond motifs is 9. The molecule has 71 heavy (non-hydrogen) atoms. The summed E-state index contributed by atoms with van der Waals surface area (Å²) in [5.74, 6) is 0. The highest BCUT2D eigenvalue weighted by Crippen LogP contribution is 2.46. The molecule has 0 aliphatic rings. The summed E-state index contributed by atoms with van der Waals surface area (Å²) in [6.45, 7) is 0. The summed E-state index contributed by atoms with van der Waals surface area (Å²) in [5, 5.41) is 9.72. The fraction of sp³-hybridized carbons (Fsp3) is 0. The molecule has 0 aliphatic heterocycles. The number of hydrogen-bond donors (Lipinski definition) is 0. The average molecular weight is 905 g/mol. The molecule has 332 valence electrons. The SMILES string of the molecule is c1cc(-c2ccccc2N(c2ccc(-c3cccc4c3oc3ccccc34)cc2)c2cccc(-c3cc4ccccc4c4ccccc34)c2)cc(-c2ccccc2-n2c3ccccc3c3ccccc32)c1. The maximum Gasteiger partial charge on any atom is 0.143 e. The number of nitrogens with zero attached hydrogens (tertiary/aromatic N) is 2. The van der Waals surface area contributed by atoms with Crippen LogP contribution in [0.4, 0.5) is 17.1 Å². The monoisotopic (exact) mass is 904 g/mol. The Labute approximate surface area is 411 Å². The van der Waals surface area contributed by atoms with Crippen molar-refractivity contribution < 1.29 is 4.42 Å². The molecule has 0 spiro atoms. The minimum atomic E-state index is 0.896. The van der Waals surface area contributed by atoms with Crippen LogP contribution in [0.25, 0.3) is 115 Å². The molecule has 0 N–H and O–H groups in total. The first-order valence-corrected chi connectivity index (χ1v) is 24.3. The predicted molar refractivity (Wildman–Crippen MR) is 299 cm³/mol. The van der Waals surface area contributed by atoms with E-state index in [1.807, 2.05) is 12.1 Å². The van der Waals surface area contributed by atoms with Gasteiger partial charge in [0.2, 0.25) is 0 Å². The van der Waals surface area contributed by atoms with Gasteiger partial charge in [-0.1, -0.05) is 200 Å². The number of benzene rings is 12. The molecule has 0 unspecified atom stereocenters. The number of hydrogen-bond acceptors (Lipinski definition) is 2. The zero-order valence-electron chi connectivity index (χ0n) is 38.7. The topological polar surface area (TPSA) is 21.3 Å². The van der Waals surface area contributed by atoms with Crippen molar-refractivity contribution in [3.8, 4) is 50.2 Å². The normalized spacial score (nSPS) is 11.7. The van der Waals surface area contributed by atoms with Crippen LogP contribution in [0.15, 0.2) is 271 Å². The lowest BCUT2D eigenvalue weighted by Gasteiger charge is -2.29. The minimum absolute atomic E-state index is 0.896. The molecule has 0 bridgehead atoms. The van der Waals surface area contributed by atoms with Crippen LogP contribution in [0.1, 0.15) is 0 Å². The smallest absolute Gasteiger partial charge is 0.143 e. The highest BCUT2D eigenvalue weighted by atomic mass is 16.3. The minimum Gasteiger partial charge on any atom is -0.455 e. The first kappa shape index (κ1) is 40.6. The summed E-state index contributed by atoms with van der Waals surface area (Å²) >= 11 is 0. The van der Waals surface area contributed by atoms with Gasteiger partial charge in [-0.3, -0.25) is 0 Å². The summed E-state index contributed by atoms with van der Waals surface area (Å²) in [7, 11) is 0. The summed E-state index contributed by atoms with van der Waals surface area (Å²) in [4.78, 5) is 2.42. The lowest BCUT2D eigenvalue weighted by atomic mass is 9.93. The third-order valence-electron chi connectivity index (χ3n) is 14.4. The van der Waals surface area contributed by atoms with E-state index in [9.17, 15) is 0 Å². The molecule has 2 aromatic heterocycles. The van der Waals surface area contributed by atoms with Gasteiger partial charge in [-0.15, -0.1) is 0 Å². The van der Waals surface area contributed by atoms with E-state index in [2.05, 4.69) is 264 Å². The molecule has 0 saturated heterocycles. The molecule has 0 aliphatic carbocycles. The van der Waals surface area contributed by atoms with E-state index >= 15 is 0 Å². The van der Waals surface area contributed by atoms with Gasteiger partial charge in [0.15, 0.2) is 0 Å². The van der Waals surface area contributed by atoms with Crippen LogP contribution >= 0.6 is 0 Å². The van der Waals surface area contributed by atoms with E-state index in [0.29, 0.717) is 0 Å². The van der Waals surface area contributed by atoms with Crippen molar-refractivity contribution in [3.63, 3.8) is 0 Å². The van der Waals surface area contributed by atoms with Crippen molar-refractivity contribution in [2.45, 2.75) is 0 Å². The molecule has 0 amide bonds. The Balaban J connectivity index is 0.934. The highest BCUT2D eigenvalue weighted by Gasteiger charge is 2.21. The molecule has 12 aromatic carbocycles. The van der Waals surface area contributed by atoms with Gasteiger partial charge in [0.1, 0.15) is 11.2 Å². The second-order valence-corrected chi connectivity index (χ2v) is 18.4. The van der Waals surface area contributed by atoms with E-state index in [1.165, 1.54) is 54.5 Å². The first-order chi connectivity index (χ1) is 35.2. The summed E-state index contributed by atoms with van der Waals surface area (Å²) in [6, 6.07) is 96.8. The molecule has 14 rings (SSSR count). The van der Waals surface area contributed by atoms with Gasteiger partial charge in [0.05, 0.1) is 22.4 Å². The zero-order chi connectivity index (χ0) is 46.8. The van der Waals surface area contributed by atoms with Crippen molar-refractivity contribution in [1.29, 1.82) is 0 Å². The van der Waals surface area contributed by atoms with Crippen LogP contribution in [0.3, 0.4) is 0 Å². The molecule has 2 heterocycles. The lowest BCUT2D eigenvalue weighted by Crippen LogP contribution is -2.11. The van der Waals surface area contributed by atoms with E-state index in [-0.39, 0.29) is 0 Å². The molecule has 3 nitrogen and oxygen atoms in total. The molecular formula is C68H44N2O. The van der Waals surface area contributed by atoms with Crippen LogP contribution in [-0.2, 0) is 0 Å². The lowest BCUT2D eigenvalue weighted by molar-refractivity contribution is 0.670. The Morgan fingerprint density at radius 2 is 0.845 bits per heavy atom. The predicted octanol–water partition coefficient (Wildman–Crippen LogP) is 19.1. The van der Waals surface area contributed by atoms with E-state index < -0.39 is 0 Å². The van der Waals surface area contributed by atoms with Gasteiger partial charge in [-0.25, -0.2) is 0 Å². The molecule has 0 radical (unpaired) electrons. The van der Waals surface area contributed by atoms with Gasteiger partial charge < -0.3 is 13.9 Å². The molecule has 0 atom stereocenters. The number of aromatic nitrogens is 1. The quantitative estimate of drug-likeness (QED) is 0.142. The Morgan fingerprint density at radius 3 is 1.63 bits per heavy atom. The summed E-state index contributed by atoms with van der Waals surface area (Å²) < 4.78 is 8.95. The van der Waals surface area contributed by atoms with Crippen LogP contribution in [0.2, 0.25) is 0 Å². The number of rotatable bonds is 8. The van der Waals surface area contributed by atoms with Gasteiger partial charge in [-0.2, -0.15) is 0 Å². The van der Waals surface area contributed by atoms with Crippen molar-refractivity contribution in [3.05, 3.63) is 267 Å². The van der Waals surface area contributed by atoms with Gasteiger partial charge in [-0.05, 0) is 116 Å². The zero-order valence-corrected chi connectivity index (χ0v) is 38.7. The molecular weight excluding hydrogens is 861 g/mol. The van der Waals surface area contributed by atoms with Gasteiger partial charge in [0, 0.05) is 49.6 Å². The number of para-hydroxylation sites is 6. The molecule has 3 heteroatoms. The van der Waals surface area contributed by atoms with Crippen molar-refractivity contribution in [2.75, 3.05) is 4.90 Å². The number of anilines is 3. The van der Waals surface area contributed by atoms with Crippen LogP contribution in [-0.4, -0.2) is 4.57 Å². The van der Waals surface area contributed by atoms with E-state index in [4.69, 9.17) is 4.42 Å². The van der Waals surface area contributed by atoms with Crippen LogP contribution in [0.5, 0.6) is 0 Å². The first-order valence-electron chi connectivity index (χ1n) is 24.3. The van der Waals surface area contributed by atoms with Crippen molar-refractivity contribution >= 4 is 82.4 Å². The van der Waals surface area contributed by atoms with Crippen LogP contribution < -0.4 is 4.90 Å². The Morgan fingerprint density at radius 1 is 0.296 bits per heavy atom. The maximum absolute atomic E-state index is 6.53. The second kappa shape index (κ2) is 16.7. The molecule has 0 saturated carbocycles. The largest absolute Gasteiger partial charge is 0.455 e. The fourth-order valence-corrected chi connectivity index (χ4v) is 11.2. The summed E-state index contributed by atoms with van der Waals surface area (Å²) in [6.07, 6.45) is 0. The fourth-order valence-electron chi connectivity index (χ4n) is 11.2. The summed E-state index contributed by atoms with van der Waals surface area (Å²) in [5.41, 5.74) is 17.6. The molecule has 14 aromatic rings. The third kappa shape index (κ3) is 6.74. The maximum atomic E-state index is 6.53. The highest BCUT2D eigenvalue weighted by molar-refractivity contribution is 6.14. The van der Waals surface area contributed by atoms with Gasteiger partial charge >= 0.3 is 0 Å². The Bertz CT molecular complexity index is 4310. The standard InChI is InChI=1S/C68H44N2O/c1-2-23-52-49(18-1)44-62(57-27-4-3-26-56(52)57)48-21-16-22-51(43-48)69(50-40-38-45(39-41-50)55-31-17-32-61-60-30-9-14-37-67(60)71-68(55)61)63-33-10-5-24-53(63)46-19-15-20-47(42-46)54-25-6-11-34-64(54)70-65-35-12-7-28-58(65)59-29-8-13-36-66(59)70/h1-44H. The Kier molecular flexibility index (Phi) is 9.53. The van der Waals surface area contributed by atoms with Crippen molar-refractivity contribution in [2.24, 2.45) is 0 Å². The van der Waals surface area contributed by atoms with E-state index in [0.717, 1.165) is 78.1 Å². The van der Waals surface area contributed by atoms with Gasteiger partial charge in [0.25, 0.3) is 0 Å². The average Bonchev–Trinajstić information content (AvgIpc) is 4.00. The Hall–Kier alpha value is -9.44. The van der Waals surface area contributed by atoms with Crippen molar-refractivity contribution in [1.82, 2.24) is 4.57 Å².